The molecule has 2 aromatic rings. The van der Waals surface area contributed by atoms with Gasteiger partial charge in [-0.1, -0.05) is 0 Å². The van der Waals surface area contributed by atoms with Crippen LogP contribution >= 0.6 is 0 Å². The van der Waals surface area contributed by atoms with Crippen molar-refractivity contribution in [2.75, 3.05) is 20.1 Å². The Hall–Kier alpha value is -2.30. The third-order valence-electron chi connectivity index (χ3n) is 4.95. The second-order valence-electron chi connectivity index (χ2n) is 6.32. The van der Waals surface area contributed by atoms with E-state index in [1.165, 1.54) is 5.56 Å². The van der Waals surface area contributed by atoms with Crippen LogP contribution in [0.3, 0.4) is 0 Å². The van der Waals surface area contributed by atoms with Gasteiger partial charge in [-0.3, -0.25) is 9.59 Å². The molecule has 0 aliphatic carbocycles. The van der Waals surface area contributed by atoms with Gasteiger partial charge >= 0.3 is 0 Å². The van der Waals surface area contributed by atoms with E-state index < -0.39 is 0 Å². The molecule has 23 heavy (non-hydrogen) atoms. The summed E-state index contributed by atoms with van der Waals surface area (Å²) >= 11 is 0. The minimum absolute atomic E-state index is 0.0288. The van der Waals surface area contributed by atoms with Crippen molar-refractivity contribution in [1.82, 2.24) is 15.2 Å². The number of carbonyl (C=O) groups excluding carboxylic acids is 2. The first-order chi connectivity index (χ1) is 11.0. The van der Waals surface area contributed by atoms with Gasteiger partial charge in [0.2, 0.25) is 5.91 Å². The van der Waals surface area contributed by atoms with Gasteiger partial charge < -0.3 is 15.2 Å². The molecule has 2 amide bonds. The van der Waals surface area contributed by atoms with Crippen molar-refractivity contribution in [2.45, 2.75) is 26.7 Å². The van der Waals surface area contributed by atoms with Crippen LogP contribution in [0.15, 0.2) is 18.2 Å². The van der Waals surface area contributed by atoms with E-state index >= 15 is 0 Å². The molecule has 0 atom stereocenters. The molecular weight excluding hydrogens is 290 g/mol. The zero-order chi connectivity index (χ0) is 16.6. The SMILES string of the molecule is CNC(=O)C1CCN(C(=O)c2ccc3[nH]c(C)c(C)c3c2)CC1. The normalized spacial score (nSPS) is 15.9. The average molecular weight is 313 g/mol. The van der Waals surface area contributed by atoms with Gasteiger partial charge in [0, 0.05) is 48.2 Å². The standard InChI is InChI=1S/C18H23N3O2/c1-11-12(2)20-16-5-4-14(10-15(11)16)18(23)21-8-6-13(7-9-21)17(22)19-3/h4-5,10,13,20H,6-9H2,1-3H3,(H,19,22). The number of piperidine rings is 1. The molecule has 2 N–H and O–H groups in total. The lowest BCUT2D eigenvalue weighted by molar-refractivity contribution is -0.125. The molecule has 1 saturated heterocycles. The molecule has 1 aromatic heterocycles. The number of rotatable bonds is 2. The second kappa shape index (κ2) is 6.07. The minimum Gasteiger partial charge on any atom is -0.359 e. The summed E-state index contributed by atoms with van der Waals surface area (Å²) in [6.07, 6.45) is 1.46. The third kappa shape index (κ3) is 2.83. The van der Waals surface area contributed by atoms with Crippen molar-refractivity contribution >= 4 is 22.7 Å². The quantitative estimate of drug-likeness (QED) is 0.894. The number of aromatic amines is 1. The van der Waals surface area contributed by atoms with Crippen molar-refractivity contribution < 1.29 is 9.59 Å². The number of nitrogens with one attached hydrogen (secondary N) is 2. The van der Waals surface area contributed by atoms with Crippen molar-refractivity contribution in [2.24, 2.45) is 5.92 Å². The van der Waals surface area contributed by atoms with Crippen LogP contribution in [0.4, 0.5) is 0 Å². The Labute approximate surface area is 136 Å². The second-order valence-corrected chi connectivity index (χ2v) is 6.32. The highest BCUT2D eigenvalue weighted by Gasteiger charge is 2.27. The molecule has 5 heteroatoms. The maximum Gasteiger partial charge on any atom is 0.253 e. The molecule has 122 valence electrons. The summed E-state index contributed by atoms with van der Waals surface area (Å²) in [4.78, 5) is 29.6. The van der Waals surface area contributed by atoms with E-state index in [1.54, 1.807) is 7.05 Å². The third-order valence-corrected chi connectivity index (χ3v) is 4.95. The predicted molar refractivity (Wildman–Crippen MR) is 90.5 cm³/mol. The van der Waals surface area contributed by atoms with Gasteiger partial charge in [0.1, 0.15) is 0 Å². The maximum atomic E-state index is 12.7. The predicted octanol–water partition coefficient (Wildman–Crippen LogP) is 2.38. The van der Waals surface area contributed by atoms with Gasteiger partial charge in [0.05, 0.1) is 0 Å². The lowest BCUT2D eigenvalue weighted by atomic mass is 9.95. The van der Waals surface area contributed by atoms with Gasteiger partial charge in [-0.15, -0.1) is 0 Å². The molecule has 3 rings (SSSR count). The maximum absolute atomic E-state index is 12.7. The van der Waals surface area contributed by atoms with E-state index in [-0.39, 0.29) is 17.7 Å². The number of H-pyrrole nitrogens is 1. The molecular formula is C18H23N3O2. The average Bonchev–Trinajstić information content (AvgIpc) is 2.87. The molecule has 2 heterocycles. The molecule has 1 aliphatic rings. The van der Waals surface area contributed by atoms with E-state index in [0.29, 0.717) is 13.1 Å². The number of hydrogen-bond acceptors (Lipinski definition) is 2. The van der Waals surface area contributed by atoms with Crippen LogP contribution in [0.25, 0.3) is 10.9 Å². The zero-order valence-corrected chi connectivity index (χ0v) is 13.9. The highest BCUT2D eigenvalue weighted by atomic mass is 16.2. The van der Waals surface area contributed by atoms with E-state index in [2.05, 4.69) is 17.2 Å². The fourth-order valence-corrected chi connectivity index (χ4v) is 3.33. The number of aryl methyl sites for hydroxylation is 2. The molecule has 0 radical (unpaired) electrons. The van der Waals surface area contributed by atoms with Gasteiger partial charge in [-0.05, 0) is 50.5 Å². The molecule has 1 aliphatic heterocycles. The molecule has 1 aromatic carbocycles. The van der Waals surface area contributed by atoms with E-state index in [9.17, 15) is 9.59 Å². The number of carbonyl (C=O) groups is 2. The van der Waals surface area contributed by atoms with E-state index in [4.69, 9.17) is 0 Å². The lowest BCUT2D eigenvalue weighted by Crippen LogP contribution is -2.42. The Morgan fingerprint density at radius 3 is 2.57 bits per heavy atom. The topological polar surface area (TPSA) is 65.2 Å². The summed E-state index contributed by atoms with van der Waals surface area (Å²) < 4.78 is 0. The number of hydrogen-bond donors (Lipinski definition) is 2. The van der Waals surface area contributed by atoms with Crippen LogP contribution in [0.5, 0.6) is 0 Å². The van der Waals surface area contributed by atoms with Crippen LogP contribution < -0.4 is 5.32 Å². The Kier molecular flexibility index (Phi) is 4.11. The first kappa shape index (κ1) is 15.6. The first-order valence-electron chi connectivity index (χ1n) is 8.11. The number of benzene rings is 1. The number of fused-ring (bicyclic) bond motifs is 1. The van der Waals surface area contributed by atoms with Crippen molar-refractivity contribution in [3.05, 3.63) is 35.0 Å². The summed E-state index contributed by atoms with van der Waals surface area (Å²) in [5.74, 6) is 0.165. The lowest BCUT2D eigenvalue weighted by Gasteiger charge is -2.31. The van der Waals surface area contributed by atoms with Crippen LogP contribution in [0.2, 0.25) is 0 Å². The number of nitrogens with zero attached hydrogens (tertiary/aromatic N) is 1. The number of amides is 2. The van der Waals surface area contributed by atoms with Crippen molar-refractivity contribution in [1.29, 1.82) is 0 Å². The number of aromatic nitrogens is 1. The van der Waals surface area contributed by atoms with E-state index in [0.717, 1.165) is 35.0 Å². The monoisotopic (exact) mass is 313 g/mol. The highest BCUT2D eigenvalue weighted by molar-refractivity contribution is 5.99. The fraction of sp³-hybridized carbons (Fsp3) is 0.444. The van der Waals surface area contributed by atoms with Crippen LogP contribution in [0.1, 0.15) is 34.5 Å². The Morgan fingerprint density at radius 2 is 1.91 bits per heavy atom. The van der Waals surface area contributed by atoms with Gasteiger partial charge in [0.25, 0.3) is 5.91 Å². The van der Waals surface area contributed by atoms with Crippen LogP contribution in [-0.2, 0) is 4.79 Å². The summed E-state index contributed by atoms with van der Waals surface area (Å²) in [7, 11) is 1.66. The first-order valence-corrected chi connectivity index (χ1v) is 8.11. The summed E-state index contributed by atoms with van der Waals surface area (Å²) in [5, 5.41) is 3.80. The van der Waals surface area contributed by atoms with Gasteiger partial charge in [-0.25, -0.2) is 0 Å². The molecule has 5 nitrogen and oxygen atoms in total. The molecule has 0 spiro atoms. The van der Waals surface area contributed by atoms with Crippen molar-refractivity contribution in [3.63, 3.8) is 0 Å². The Bertz CT molecular complexity index is 755. The van der Waals surface area contributed by atoms with Crippen LogP contribution in [-0.4, -0.2) is 41.8 Å². The summed E-state index contributed by atoms with van der Waals surface area (Å²) in [6.45, 7) is 5.39. The molecule has 0 bridgehead atoms. The Balaban J connectivity index is 1.76. The van der Waals surface area contributed by atoms with Crippen LogP contribution in [0, 0.1) is 19.8 Å². The zero-order valence-electron chi connectivity index (χ0n) is 13.9. The smallest absolute Gasteiger partial charge is 0.253 e. The largest absolute Gasteiger partial charge is 0.359 e. The highest BCUT2D eigenvalue weighted by Crippen LogP contribution is 2.24. The molecule has 0 unspecified atom stereocenters. The minimum atomic E-state index is 0.0288. The fourth-order valence-electron chi connectivity index (χ4n) is 3.33. The van der Waals surface area contributed by atoms with Crippen molar-refractivity contribution in [3.8, 4) is 0 Å². The van der Waals surface area contributed by atoms with E-state index in [1.807, 2.05) is 30.0 Å². The molecule has 1 fully saturated rings. The summed E-state index contributed by atoms with van der Waals surface area (Å²) in [6, 6.07) is 5.83. The summed E-state index contributed by atoms with van der Waals surface area (Å²) in [5.41, 5.74) is 4.11. The molecule has 0 saturated carbocycles. The van der Waals surface area contributed by atoms with Gasteiger partial charge in [0.15, 0.2) is 0 Å². The number of likely N-dealkylation sites (tertiary alicyclic amines) is 1. The Morgan fingerprint density at radius 1 is 1.22 bits per heavy atom. The van der Waals surface area contributed by atoms with Gasteiger partial charge in [-0.2, -0.15) is 0 Å².